The van der Waals surface area contributed by atoms with Crippen LogP contribution in [0.4, 0.5) is 10.1 Å². The molecule has 0 fully saturated rings. The average molecular weight is 326 g/mol. The van der Waals surface area contributed by atoms with E-state index in [0.29, 0.717) is 35.1 Å². The van der Waals surface area contributed by atoms with Crippen LogP contribution in [-0.2, 0) is 11.2 Å². The van der Waals surface area contributed by atoms with Gasteiger partial charge in [-0.05, 0) is 42.8 Å². The molecule has 1 N–H and O–H groups in total. The number of halogens is 1. The molecule has 3 rings (SSSR count). The molecule has 122 valence electrons. The zero-order valence-electron chi connectivity index (χ0n) is 13.0. The number of aryl methyl sites for hydroxylation is 2. The average Bonchev–Trinajstić information content (AvgIpc) is 3.05. The van der Waals surface area contributed by atoms with Gasteiger partial charge in [-0.3, -0.25) is 9.78 Å². The third-order valence-electron chi connectivity index (χ3n) is 3.39. The molecule has 3 aromatic rings. The van der Waals surface area contributed by atoms with E-state index in [1.54, 1.807) is 25.3 Å². The number of nitrogens with one attached hydrogen (secondary N) is 1. The number of nitrogens with zero attached hydrogens (tertiary/aromatic N) is 3. The first-order valence-electron chi connectivity index (χ1n) is 7.42. The van der Waals surface area contributed by atoms with Crippen molar-refractivity contribution in [2.45, 2.75) is 19.8 Å². The zero-order chi connectivity index (χ0) is 16.9. The molecule has 0 unspecified atom stereocenters. The van der Waals surface area contributed by atoms with Crippen molar-refractivity contribution in [1.82, 2.24) is 15.1 Å². The number of hydrogen-bond donors (Lipinski definition) is 1. The van der Waals surface area contributed by atoms with Gasteiger partial charge in [-0.15, -0.1) is 0 Å². The summed E-state index contributed by atoms with van der Waals surface area (Å²) in [5.74, 6) is 0.211. The van der Waals surface area contributed by atoms with Gasteiger partial charge < -0.3 is 9.84 Å². The summed E-state index contributed by atoms with van der Waals surface area (Å²) in [6.45, 7) is 1.73. The quantitative estimate of drug-likeness (QED) is 0.779. The van der Waals surface area contributed by atoms with Crippen LogP contribution in [0.5, 0.6) is 0 Å². The van der Waals surface area contributed by atoms with Crippen LogP contribution in [0.25, 0.3) is 11.5 Å². The van der Waals surface area contributed by atoms with Crippen LogP contribution >= 0.6 is 0 Å². The number of hydrogen-bond acceptors (Lipinski definition) is 5. The van der Waals surface area contributed by atoms with Crippen molar-refractivity contribution in [2.24, 2.45) is 0 Å². The summed E-state index contributed by atoms with van der Waals surface area (Å²) in [6, 6.07) is 9.61. The maximum Gasteiger partial charge on any atom is 0.227 e. The van der Waals surface area contributed by atoms with E-state index in [9.17, 15) is 9.18 Å². The van der Waals surface area contributed by atoms with Crippen LogP contribution < -0.4 is 5.32 Å². The van der Waals surface area contributed by atoms with Crippen molar-refractivity contribution in [3.63, 3.8) is 0 Å². The predicted molar refractivity (Wildman–Crippen MR) is 85.6 cm³/mol. The van der Waals surface area contributed by atoms with Crippen LogP contribution in [0.3, 0.4) is 0 Å². The molecule has 2 heterocycles. The van der Waals surface area contributed by atoms with Crippen molar-refractivity contribution >= 4 is 11.6 Å². The second kappa shape index (κ2) is 6.99. The summed E-state index contributed by atoms with van der Waals surface area (Å²) in [5.41, 5.74) is 1.86. The Hall–Kier alpha value is -3.09. The van der Waals surface area contributed by atoms with Gasteiger partial charge in [0.2, 0.25) is 17.6 Å². The minimum absolute atomic E-state index is 0.181. The molecule has 0 radical (unpaired) electrons. The van der Waals surface area contributed by atoms with E-state index in [4.69, 9.17) is 4.52 Å². The fourth-order valence-corrected chi connectivity index (χ4v) is 2.16. The van der Waals surface area contributed by atoms with Crippen molar-refractivity contribution in [2.75, 3.05) is 5.32 Å². The molecule has 0 saturated carbocycles. The lowest BCUT2D eigenvalue weighted by Crippen LogP contribution is -2.13. The lowest BCUT2D eigenvalue weighted by Gasteiger charge is -2.07. The Morgan fingerprint density at radius 1 is 1.29 bits per heavy atom. The first kappa shape index (κ1) is 15.8. The number of benzene rings is 1. The highest BCUT2D eigenvalue weighted by Crippen LogP contribution is 2.17. The molecule has 1 aromatic carbocycles. The van der Waals surface area contributed by atoms with E-state index in [2.05, 4.69) is 20.4 Å². The summed E-state index contributed by atoms with van der Waals surface area (Å²) in [5, 5.41) is 6.59. The van der Waals surface area contributed by atoms with Crippen molar-refractivity contribution < 1.29 is 13.7 Å². The SMILES string of the molecule is Cc1cc(F)ccc1NC(=O)CCc1nc(-c2ccccn2)no1. The Kier molecular flexibility index (Phi) is 4.60. The van der Waals surface area contributed by atoms with E-state index >= 15 is 0 Å². The van der Waals surface area contributed by atoms with Crippen LogP contribution in [-0.4, -0.2) is 21.0 Å². The Labute approximate surface area is 137 Å². The van der Waals surface area contributed by atoms with E-state index < -0.39 is 0 Å². The third kappa shape index (κ3) is 3.81. The molecule has 24 heavy (non-hydrogen) atoms. The van der Waals surface area contributed by atoms with E-state index in [-0.39, 0.29) is 18.1 Å². The topological polar surface area (TPSA) is 80.9 Å². The minimum atomic E-state index is -0.335. The van der Waals surface area contributed by atoms with Crippen LogP contribution in [0.2, 0.25) is 0 Å². The van der Waals surface area contributed by atoms with E-state index in [0.717, 1.165) is 0 Å². The number of aromatic nitrogens is 3. The molecule has 0 spiro atoms. The van der Waals surface area contributed by atoms with Crippen molar-refractivity contribution in [3.05, 3.63) is 59.9 Å². The molecule has 0 bridgehead atoms. The monoisotopic (exact) mass is 326 g/mol. The van der Waals surface area contributed by atoms with Gasteiger partial charge in [-0.2, -0.15) is 4.98 Å². The van der Waals surface area contributed by atoms with Gasteiger partial charge in [0, 0.05) is 24.7 Å². The summed E-state index contributed by atoms with van der Waals surface area (Å²) in [4.78, 5) is 20.3. The van der Waals surface area contributed by atoms with Crippen LogP contribution in [0.1, 0.15) is 17.9 Å². The largest absolute Gasteiger partial charge is 0.339 e. The summed E-state index contributed by atoms with van der Waals surface area (Å²) in [6.07, 6.45) is 2.14. The van der Waals surface area contributed by atoms with Gasteiger partial charge in [-0.25, -0.2) is 4.39 Å². The summed E-state index contributed by atoms with van der Waals surface area (Å²) >= 11 is 0. The van der Waals surface area contributed by atoms with Crippen molar-refractivity contribution in [1.29, 1.82) is 0 Å². The molecular weight excluding hydrogens is 311 g/mol. The van der Waals surface area contributed by atoms with E-state index in [1.807, 2.05) is 6.07 Å². The molecular formula is C17H15FN4O2. The fraction of sp³-hybridized carbons (Fsp3) is 0.176. The highest BCUT2D eigenvalue weighted by atomic mass is 19.1. The van der Waals surface area contributed by atoms with Gasteiger partial charge in [-0.1, -0.05) is 11.2 Å². The lowest BCUT2D eigenvalue weighted by molar-refractivity contribution is -0.116. The highest BCUT2D eigenvalue weighted by molar-refractivity contribution is 5.91. The maximum atomic E-state index is 13.1. The van der Waals surface area contributed by atoms with Gasteiger partial charge in [0.05, 0.1) is 0 Å². The normalized spacial score (nSPS) is 10.6. The van der Waals surface area contributed by atoms with Crippen molar-refractivity contribution in [3.8, 4) is 11.5 Å². The first-order valence-corrected chi connectivity index (χ1v) is 7.42. The number of pyridine rings is 1. The molecule has 6 nitrogen and oxygen atoms in total. The predicted octanol–water partition coefficient (Wildman–Crippen LogP) is 3.15. The van der Waals surface area contributed by atoms with Gasteiger partial charge in [0.25, 0.3) is 0 Å². The van der Waals surface area contributed by atoms with Crippen LogP contribution in [0.15, 0.2) is 47.1 Å². The molecule has 1 amide bonds. The highest BCUT2D eigenvalue weighted by Gasteiger charge is 2.12. The van der Waals surface area contributed by atoms with Gasteiger partial charge in [0.1, 0.15) is 11.5 Å². The summed E-state index contributed by atoms with van der Waals surface area (Å²) < 4.78 is 18.2. The number of carbonyl (C=O) groups is 1. The molecule has 7 heteroatoms. The first-order chi connectivity index (χ1) is 11.6. The molecule has 0 aliphatic carbocycles. The second-order valence-electron chi connectivity index (χ2n) is 5.23. The minimum Gasteiger partial charge on any atom is -0.339 e. The number of anilines is 1. The Bertz CT molecular complexity index is 849. The number of carbonyl (C=O) groups excluding carboxylic acids is 1. The maximum absolute atomic E-state index is 13.1. The molecule has 0 saturated heterocycles. The zero-order valence-corrected chi connectivity index (χ0v) is 13.0. The Balaban J connectivity index is 1.58. The lowest BCUT2D eigenvalue weighted by atomic mass is 10.2. The third-order valence-corrected chi connectivity index (χ3v) is 3.39. The molecule has 0 aliphatic heterocycles. The molecule has 0 atom stereocenters. The second-order valence-corrected chi connectivity index (χ2v) is 5.23. The Morgan fingerprint density at radius 2 is 2.17 bits per heavy atom. The van der Waals surface area contributed by atoms with E-state index in [1.165, 1.54) is 18.2 Å². The van der Waals surface area contributed by atoms with Gasteiger partial charge in [0.15, 0.2) is 0 Å². The molecule has 0 aliphatic rings. The number of rotatable bonds is 5. The molecule has 2 aromatic heterocycles. The standard InChI is InChI=1S/C17H15FN4O2/c1-11-10-12(18)5-6-13(11)20-15(23)7-8-16-21-17(22-24-16)14-4-2-3-9-19-14/h2-6,9-10H,7-8H2,1H3,(H,20,23). The smallest absolute Gasteiger partial charge is 0.227 e. The van der Waals surface area contributed by atoms with Crippen LogP contribution in [0, 0.1) is 12.7 Å². The number of amides is 1. The Morgan fingerprint density at radius 3 is 2.92 bits per heavy atom. The fourth-order valence-electron chi connectivity index (χ4n) is 2.16. The summed E-state index contributed by atoms with van der Waals surface area (Å²) in [7, 11) is 0. The van der Waals surface area contributed by atoms with Gasteiger partial charge >= 0.3 is 0 Å².